The molecule has 2 aliphatic heterocycles. The zero-order chi connectivity index (χ0) is 56.2. The van der Waals surface area contributed by atoms with Gasteiger partial charge < -0.3 is 23.5 Å². The molecule has 0 fully saturated rings. The second-order valence-corrected chi connectivity index (χ2v) is 27.9. The Morgan fingerprint density at radius 3 is 1.44 bits per heavy atom. The van der Waals surface area contributed by atoms with E-state index in [1.54, 1.807) is 0 Å². The van der Waals surface area contributed by atoms with Crippen molar-refractivity contribution in [1.29, 1.82) is 0 Å². The van der Waals surface area contributed by atoms with E-state index in [4.69, 9.17) is 9.15 Å². The standard InChI is InChI=1S/C74H74BN3O2/c1-70(2,3)45-23-31-50(32-24-45)76(51-33-25-46(26-34-51)71(4,5)6)53-37-38-57-65(43-53)79-64-22-18-20-61-67(64)75(57)58-44-62(78-59-39-29-48(73(10,11)12)41-55(59)56-42-49(74(13,14)15)30-40-60(56)78)69-66(54-19-16-17-21-63(54)80-69)68(58)77(61)52-35-27-47(28-36-52)72(7,8)9/h16-44H,1-15H3. The van der Waals surface area contributed by atoms with Gasteiger partial charge in [-0.2, -0.15) is 0 Å². The maximum absolute atomic E-state index is 7.34. The number of ether oxygens (including phenoxy) is 1. The molecule has 2 aliphatic rings. The molecular formula is C74H74BN3O2. The lowest BCUT2D eigenvalue weighted by Gasteiger charge is -2.41. The maximum atomic E-state index is 7.34. The summed E-state index contributed by atoms with van der Waals surface area (Å²) in [6.07, 6.45) is 0. The normalized spacial score (nSPS) is 13.7. The SMILES string of the molecule is CC(C)(C)c1ccc(N(c2ccc(C(C)(C)C)cc2)c2ccc3c(c2)Oc2cccc4c2B3c2cc(-n3c5ccc(C(C)(C)C)cc5c5cc(C(C)(C)C)ccc53)c3oc5ccccc5c3c2N4c2ccc(C(C)(C)C)cc2)cc1. The van der Waals surface area contributed by atoms with Crippen molar-refractivity contribution in [2.45, 2.75) is 131 Å². The van der Waals surface area contributed by atoms with Crippen LogP contribution in [0.15, 0.2) is 180 Å². The average molecular weight is 1050 g/mol. The van der Waals surface area contributed by atoms with Crippen molar-refractivity contribution >= 4 is 101 Å². The van der Waals surface area contributed by atoms with Gasteiger partial charge in [0.1, 0.15) is 17.1 Å². The lowest BCUT2D eigenvalue weighted by atomic mass is 9.34. The molecule has 0 amide bonds. The van der Waals surface area contributed by atoms with Crippen molar-refractivity contribution in [2.24, 2.45) is 0 Å². The first-order valence-electron chi connectivity index (χ1n) is 28.8. The summed E-state index contributed by atoms with van der Waals surface area (Å²) < 4.78 is 17.2. The first-order chi connectivity index (χ1) is 37.8. The predicted octanol–water partition coefficient (Wildman–Crippen LogP) is 19.0. The van der Waals surface area contributed by atoms with Crippen LogP contribution >= 0.6 is 0 Å². The van der Waals surface area contributed by atoms with E-state index in [2.05, 4.69) is 294 Å². The molecule has 4 heterocycles. The highest BCUT2D eigenvalue weighted by atomic mass is 16.5. The fourth-order valence-electron chi connectivity index (χ4n) is 12.6. The van der Waals surface area contributed by atoms with E-state index in [1.807, 2.05) is 0 Å². The Morgan fingerprint density at radius 1 is 0.400 bits per heavy atom. The van der Waals surface area contributed by atoms with Crippen LogP contribution in [0.4, 0.5) is 34.1 Å². The molecule has 0 saturated heterocycles. The van der Waals surface area contributed by atoms with E-state index in [1.165, 1.54) is 44.1 Å². The zero-order valence-corrected chi connectivity index (χ0v) is 49.5. The van der Waals surface area contributed by atoms with Crippen LogP contribution in [0.25, 0.3) is 49.4 Å². The van der Waals surface area contributed by atoms with Crippen LogP contribution in [0, 0.1) is 0 Å². The van der Waals surface area contributed by atoms with Crippen molar-refractivity contribution in [3.8, 4) is 17.2 Å². The third kappa shape index (κ3) is 8.34. The van der Waals surface area contributed by atoms with Gasteiger partial charge in [0.15, 0.2) is 5.58 Å². The van der Waals surface area contributed by atoms with E-state index in [-0.39, 0.29) is 33.8 Å². The minimum Gasteiger partial charge on any atom is -0.458 e. The first kappa shape index (κ1) is 51.5. The molecule has 0 unspecified atom stereocenters. The van der Waals surface area contributed by atoms with E-state index in [0.717, 1.165) is 95.2 Å². The molecule has 0 N–H and O–H groups in total. The molecule has 0 spiro atoms. The van der Waals surface area contributed by atoms with Crippen LogP contribution in [0.2, 0.25) is 0 Å². The van der Waals surface area contributed by atoms with Gasteiger partial charge in [-0.15, -0.1) is 0 Å². The lowest BCUT2D eigenvalue weighted by molar-refractivity contribution is 0.487. The summed E-state index contributed by atoms with van der Waals surface area (Å²) in [5.74, 6) is 1.70. The predicted molar refractivity (Wildman–Crippen MR) is 342 cm³/mol. The van der Waals surface area contributed by atoms with Crippen LogP contribution < -0.4 is 30.9 Å². The molecule has 80 heavy (non-hydrogen) atoms. The van der Waals surface area contributed by atoms with Gasteiger partial charge in [0.25, 0.3) is 6.71 Å². The van der Waals surface area contributed by atoms with Crippen LogP contribution in [-0.2, 0) is 27.1 Å². The maximum Gasteiger partial charge on any atom is 0.256 e. The van der Waals surface area contributed by atoms with Gasteiger partial charge in [-0.3, -0.25) is 0 Å². The quantitative estimate of drug-likeness (QED) is 0.161. The fraction of sp³-hybridized carbons (Fsp3) is 0.270. The summed E-state index contributed by atoms with van der Waals surface area (Å²) >= 11 is 0. The second kappa shape index (κ2) is 17.8. The molecule has 2 aromatic heterocycles. The van der Waals surface area contributed by atoms with E-state index in [9.17, 15) is 0 Å². The Hall–Kier alpha value is -7.96. The molecule has 5 nitrogen and oxygen atoms in total. The van der Waals surface area contributed by atoms with Crippen molar-refractivity contribution in [3.63, 3.8) is 0 Å². The highest BCUT2D eigenvalue weighted by Crippen LogP contribution is 2.50. The minimum absolute atomic E-state index is 0.0143. The molecule has 13 rings (SSSR count). The number of fused-ring (bicyclic) bond motifs is 11. The van der Waals surface area contributed by atoms with E-state index < -0.39 is 0 Å². The summed E-state index contributed by atoms with van der Waals surface area (Å²) in [5, 5.41) is 4.65. The highest BCUT2D eigenvalue weighted by Gasteiger charge is 2.44. The molecule has 0 saturated carbocycles. The van der Waals surface area contributed by atoms with Crippen LogP contribution in [0.3, 0.4) is 0 Å². The molecule has 0 aliphatic carbocycles. The largest absolute Gasteiger partial charge is 0.458 e. The number of anilines is 6. The summed E-state index contributed by atoms with van der Waals surface area (Å²) in [5.41, 5.74) is 21.4. The van der Waals surface area contributed by atoms with Gasteiger partial charge in [-0.05, 0) is 162 Å². The summed E-state index contributed by atoms with van der Waals surface area (Å²) in [7, 11) is 0. The molecule has 0 radical (unpaired) electrons. The van der Waals surface area contributed by atoms with Crippen LogP contribution in [-0.4, -0.2) is 11.3 Å². The average Bonchev–Trinajstić information content (AvgIpc) is 1.96. The second-order valence-electron chi connectivity index (χ2n) is 27.9. The number of para-hydroxylation sites is 1. The highest BCUT2D eigenvalue weighted by molar-refractivity contribution is 6.99. The minimum atomic E-state index is -0.199. The van der Waals surface area contributed by atoms with Crippen LogP contribution in [0.5, 0.6) is 11.5 Å². The lowest BCUT2D eigenvalue weighted by Crippen LogP contribution is -2.59. The smallest absolute Gasteiger partial charge is 0.256 e. The van der Waals surface area contributed by atoms with Gasteiger partial charge >= 0.3 is 0 Å². The summed E-state index contributed by atoms with van der Waals surface area (Å²) in [4.78, 5) is 4.87. The number of benzene rings is 9. The number of furan rings is 1. The van der Waals surface area contributed by atoms with E-state index >= 15 is 0 Å². The Balaban J connectivity index is 1.11. The van der Waals surface area contributed by atoms with Crippen molar-refractivity contribution in [1.82, 2.24) is 4.57 Å². The van der Waals surface area contributed by atoms with Crippen molar-refractivity contribution < 1.29 is 9.15 Å². The Morgan fingerprint density at radius 2 is 0.900 bits per heavy atom. The Bertz CT molecular complexity index is 4150. The number of hydrogen-bond donors (Lipinski definition) is 0. The third-order valence-corrected chi connectivity index (χ3v) is 17.2. The number of nitrogens with zero attached hydrogens (tertiary/aromatic N) is 3. The molecule has 0 bridgehead atoms. The summed E-state index contributed by atoms with van der Waals surface area (Å²) in [6.45, 7) is 34.2. The van der Waals surface area contributed by atoms with Crippen LogP contribution in [0.1, 0.15) is 132 Å². The topological polar surface area (TPSA) is 33.8 Å². The zero-order valence-electron chi connectivity index (χ0n) is 49.5. The molecule has 9 aromatic carbocycles. The Kier molecular flexibility index (Phi) is 11.4. The molecular weight excluding hydrogens is 974 g/mol. The third-order valence-electron chi connectivity index (χ3n) is 17.2. The van der Waals surface area contributed by atoms with Crippen molar-refractivity contribution in [3.05, 3.63) is 204 Å². The summed E-state index contributed by atoms with van der Waals surface area (Å²) in [6, 6.07) is 66.3. The van der Waals surface area contributed by atoms with Gasteiger partial charge in [0.05, 0.1) is 27.8 Å². The number of rotatable bonds is 5. The number of aromatic nitrogens is 1. The van der Waals surface area contributed by atoms with Gasteiger partial charge in [0.2, 0.25) is 0 Å². The van der Waals surface area contributed by atoms with Gasteiger partial charge in [-0.25, -0.2) is 0 Å². The fourth-order valence-corrected chi connectivity index (χ4v) is 12.6. The Labute approximate surface area is 473 Å². The van der Waals surface area contributed by atoms with E-state index in [0.29, 0.717) is 0 Å². The molecule has 11 aromatic rings. The molecule has 0 atom stereocenters. The van der Waals surface area contributed by atoms with Crippen molar-refractivity contribution in [2.75, 3.05) is 9.80 Å². The molecule has 6 heteroatoms. The van der Waals surface area contributed by atoms with Gasteiger partial charge in [-0.1, -0.05) is 183 Å². The first-order valence-corrected chi connectivity index (χ1v) is 28.8. The number of hydrogen-bond acceptors (Lipinski definition) is 4. The molecule has 400 valence electrons. The monoisotopic (exact) mass is 1050 g/mol. The van der Waals surface area contributed by atoms with Gasteiger partial charge in [0, 0.05) is 50.7 Å².